The molecule has 1 aromatic heterocycles. The molecule has 0 radical (unpaired) electrons. The highest BCUT2D eigenvalue weighted by Gasteiger charge is 2.36. The number of nitrogens with zero attached hydrogens (tertiary/aromatic N) is 1. The number of aromatic nitrogens is 1. The highest BCUT2D eigenvalue weighted by Crippen LogP contribution is 2.40. The summed E-state index contributed by atoms with van der Waals surface area (Å²) < 4.78 is 0. The normalized spacial score (nSPS) is 30.6. The molecule has 0 saturated heterocycles. The van der Waals surface area contributed by atoms with Gasteiger partial charge in [-0.3, -0.25) is 0 Å². The number of hydrogen-bond donors (Lipinski definition) is 1. The Labute approximate surface area is 64.1 Å². The Kier molecular flexibility index (Phi) is 1.28. The Hall–Kier alpha value is -0.410. The maximum absolute atomic E-state index is 5.67. The zero-order valence-electron chi connectivity index (χ0n) is 5.87. The van der Waals surface area contributed by atoms with E-state index in [2.05, 4.69) is 10.4 Å². The molecule has 0 aliphatic heterocycles. The summed E-state index contributed by atoms with van der Waals surface area (Å²) in [5.74, 6) is 0.582. The van der Waals surface area contributed by atoms with E-state index < -0.39 is 0 Å². The van der Waals surface area contributed by atoms with Crippen molar-refractivity contribution in [2.24, 2.45) is 5.73 Å². The molecule has 54 valence electrons. The molecule has 0 amide bonds. The summed E-state index contributed by atoms with van der Waals surface area (Å²) in [6.07, 6.45) is 1.13. The largest absolute Gasteiger partial charge is 0.327 e. The third-order valence-corrected chi connectivity index (χ3v) is 2.89. The molecule has 1 aliphatic carbocycles. The Bertz CT molecular complexity index is 244. The lowest BCUT2D eigenvalue weighted by atomic mass is 10.4. The molecule has 1 aliphatic rings. The molecule has 2 unspecified atom stereocenters. The first-order valence-electron chi connectivity index (χ1n) is 3.45. The van der Waals surface area contributed by atoms with Crippen molar-refractivity contribution in [1.82, 2.24) is 4.98 Å². The lowest BCUT2D eigenvalue weighted by Gasteiger charge is -1.85. The van der Waals surface area contributed by atoms with Gasteiger partial charge >= 0.3 is 0 Å². The van der Waals surface area contributed by atoms with Gasteiger partial charge in [0.25, 0.3) is 0 Å². The van der Waals surface area contributed by atoms with E-state index in [4.69, 9.17) is 5.73 Å². The summed E-state index contributed by atoms with van der Waals surface area (Å²) in [5, 5.41) is 3.31. The van der Waals surface area contributed by atoms with Crippen LogP contribution >= 0.6 is 11.3 Å². The molecule has 2 rings (SSSR count). The fourth-order valence-electron chi connectivity index (χ4n) is 1.04. The minimum absolute atomic E-state index is 0.394. The smallest absolute Gasteiger partial charge is 0.0975 e. The van der Waals surface area contributed by atoms with Crippen LogP contribution in [0.1, 0.15) is 23.0 Å². The minimum atomic E-state index is 0.394. The molecule has 0 spiro atoms. The van der Waals surface area contributed by atoms with Gasteiger partial charge in [-0.15, -0.1) is 11.3 Å². The first-order chi connectivity index (χ1) is 4.77. The van der Waals surface area contributed by atoms with Gasteiger partial charge in [0, 0.05) is 23.0 Å². The molecule has 2 nitrogen and oxygen atoms in total. The topological polar surface area (TPSA) is 38.9 Å². The average molecular weight is 154 g/mol. The second kappa shape index (κ2) is 2.04. The number of hydrogen-bond acceptors (Lipinski definition) is 3. The van der Waals surface area contributed by atoms with E-state index in [0.29, 0.717) is 12.0 Å². The van der Waals surface area contributed by atoms with Crippen molar-refractivity contribution in [2.75, 3.05) is 0 Å². The van der Waals surface area contributed by atoms with Crippen LogP contribution < -0.4 is 5.73 Å². The van der Waals surface area contributed by atoms with E-state index in [1.165, 1.54) is 5.01 Å². The molecule has 10 heavy (non-hydrogen) atoms. The molecule has 1 aromatic rings. The minimum Gasteiger partial charge on any atom is -0.327 e. The third kappa shape index (κ3) is 0.954. The Morgan fingerprint density at radius 3 is 2.90 bits per heavy atom. The van der Waals surface area contributed by atoms with Gasteiger partial charge in [0.1, 0.15) is 0 Å². The predicted octanol–water partition coefficient (Wildman–Crippen LogP) is 1.27. The van der Waals surface area contributed by atoms with Gasteiger partial charge in [0.15, 0.2) is 0 Å². The summed E-state index contributed by atoms with van der Waals surface area (Å²) >= 11 is 1.73. The molecule has 1 saturated carbocycles. The second-order valence-electron chi connectivity index (χ2n) is 2.83. The molecule has 0 bridgehead atoms. The van der Waals surface area contributed by atoms with Gasteiger partial charge in [-0.1, -0.05) is 0 Å². The van der Waals surface area contributed by atoms with Crippen LogP contribution in [0.5, 0.6) is 0 Å². The number of thiazole rings is 1. The van der Waals surface area contributed by atoms with Crippen LogP contribution in [0.15, 0.2) is 5.38 Å². The number of aryl methyl sites for hydroxylation is 1. The highest BCUT2D eigenvalue weighted by molar-refractivity contribution is 7.09. The van der Waals surface area contributed by atoms with Gasteiger partial charge in [0.2, 0.25) is 0 Å². The molecular weight excluding hydrogens is 144 g/mol. The van der Waals surface area contributed by atoms with Crippen molar-refractivity contribution in [3.8, 4) is 0 Å². The monoisotopic (exact) mass is 154 g/mol. The van der Waals surface area contributed by atoms with Gasteiger partial charge in [0.05, 0.1) is 5.01 Å². The highest BCUT2D eigenvalue weighted by atomic mass is 32.1. The standard InChI is InChI=1S/C7H10N2S/c1-4-3-10-7(9-4)5-2-6(5)8/h3,5-6H,2,8H2,1H3. The lowest BCUT2D eigenvalue weighted by Crippen LogP contribution is -2.00. The lowest BCUT2D eigenvalue weighted by molar-refractivity contribution is 0.967. The number of rotatable bonds is 1. The average Bonchev–Trinajstić information content (AvgIpc) is 2.42. The van der Waals surface area contributed by atoms with Crippen molar-refractivity contribution in [3.05, 3.63) is 16.1 Å². The van der Waals surface area contributed by atoms with Crippen LogP contribution in [0.4, 0.5) is 0 Å². The second-order valence-corrected chi connectivity index (χ2v) is 3.72. The fourth-order valence-corrected chi connectivity index (χ4v) is 2.03. The summed E-state index contributed by atoms with van der Waals surface area (Å²) in [7, 11) is 0. The van der Waals surface area contributed by atoms with Crippen molar-refractivity contribution >= 4 is 11.3 Å². The van der Waals surface area contributed by atoms with Crippen molar-refractivity contribution in [2.45, 2.75) is 25.3 Å². The van der Waals surface area contributed by atoms with E-state index in [1.54, 1.807) is 11.3 Å². The zero-order valence-corrected chi connectivity index (χ0v) is 6.69. The molecule has 0 aromatic carbocycles. The predicted molar refractivity (Wildman–Crippen MR) is 42.2 cm³/mol. The molecule has 1 heterocycles. The Morgan fingerprint density at radius 1 is 1.80 bits per heavy atom. The molecular formula is C7H10N2S. The van der Waals surface area contributed by atoms with Crippen molar-refractivity contribution < 1.29 is 0 Å². The third-order valence-electron chi connectivity index (χ3n) is 1.79. The van der Waals surface area contributed by atoms with Crippen LogP contribution in [-0.2, 0) is 0 Å². The SMILES string of the molecule is Cc1csc(C2CC2N)n1. The van der Waals surface area contributed by atoms with Crippen LogP contribution in [-0.4, -0.2) is 11.0 Å². The summed E-state index contributed by atoms with van der Waals surface area (Å²) in [5.41, 5.74) is 6.80. The summed E-state index contributed by atoms with van der Waals surface area (Å²) in [6.45, 7) is 2.02. The van der Waals surface area contributed by atoms with Crippen LogP contribution in [0.2, 0.25) is 0 Å². The van der Waals surface area contributed by atoms with Crippen LogP contribution in [0, 0.1) is 6.92 Å². The molecule has 2 N–H and O–H groups in total. The van der Waals surface area contributed by atoms with E-state index in [0.717, 1.165) is 12.1 Å². The Morgan fingerprint density at radius 2 is 2.50 bits per heavy atom. The zero-order chi connectivity index (χ0) is 7.14. The quantitative estimate of drug-likeness (QED) is 0.661. The Balaban J connectivity index is 2.20. The maximum Gasteiger partial charge on any atom is 0.0975 e. The first kappa shape index (κ1) is 6.31. The van der Waals surface area contributed by atoms with E-state index in [1.807, 2.05) is 6.92 Å². The van der Waals surface area contributed by atoms with Crippen molar-refractivity contribution in [1.29, 1.82) is 0 Å². The van der Waals surface area contributed by atoms with E-state index in [9.17, 15) is 0 Å². The van der Waals surface area contributed by atoms with Crippen LogP contribution in [0.3, 0.4) is 0 Å². The summed E-state index contributed by atoms with van der Waals surface area (Å²) in [6, 6.07) is 0.394. The molecule has 3 heteroatoms. The molecule has 1 fully saturated rings. The van der Waals surface area contributed by atoms with Gasteiger partial charge < -0.3 is 5.73 Å². The van der Waals surface area contributed by atoms with Crippen LogP contribution in [0.25, 0.3) is 0 Å². The molecule has 2 atom stereocenters. The fraction of sp³-hybridized carbons (Fsp3) is 0.571. The van der Waals surface area contributed by atoms with Crippen molar-refractivity contribution in [3.63, 3.8) is 0 Å². The summed E-state index contributed by atoms with van der Waals surface area (Å²) in [4.78, 5) is 4.36. The number of nitrogens with two attached hydrogens (primary N) is 1. The van der Waals surface area contributed by atoms with Gasteiger partial charge in [-0.25, -0.2) is 4.98 Å². The first-order valence-corrected chi connectivity index (χ1v) is 4.33. The van der Waals surface area contributed by atoms with E-state index >= 15 is 0 Å². The maximum atomic E-state index is 5.67. The van der Waals surface area contributed by atoms with E-state index in [-0.39, 0.29) is 0 Å². The van der Waals surface area contributed by atoms with Gasteiger partial charge in [-0.05, 0) is 13.3 Å². The van der Waals surface area contributed by atoms with Gasteiger partial charge in [-0.2, -0.15) is 0 Å².